The number of rotatable bonds is 5. The molecular formula is C13H27HfN3. The third-order valence-electron chi connectivity index (χ3n) is 3.69. The second-order valence-electron chi connectivity index (χ2n) is 5.28. The molecule has 0 N–H and O–H groups in total. The summed E-state index contributed by atoms with van der Waals surface area (Å²) in [7, 11) is 13.5. The second kappa shape index (κ2) is 5.91. The zero-order valence-corrected chi connectivity index (χ0v) is 16.0. The third-order valence-corrected chi connectivity index (χ3v) is 21.9. The van der Waals surface area contributed by atoms with Crippen molar-refractivity contribution < 1.29 is 20.8 Å². The molecule has 3 nitrogen and oxygen atoms in total. The van der Waals surface area contributed by atoms with Gasteiger partial charge in [0.15, 0.2) is 0 Å². The fourth-order valence-electron chi connectivity index (χ4n) is 3.24. The molecule has 0 amide bonds. The van der Waals surface area contributed by atoms with Gasteiger partial charge in [-0.15, -0.1) is 0 Å². The minimum absolute atomic E-state index is 1.15. The average molecular weight is 404 g/mol. The molecule has 0 atom stereocenters. The Morgan fingerprint density at radius 1 is 1.00 bits per heavy atom. The molecule has 0 saturated heterocycles. The number of nitrogens with zero attached hydrogens (tertiary/aromatic N) is 3. The van der Waals surface area contributed by atoms with Crippen LogP contribution in [-0.2, 0) is 20.8 Å². The Kier molecular flexibility index (Phi) is 5.32. The van der Waals surface area contributed by atoms with Crippen LogP contribution in [0.2, 0.25) is 0 Å². The summed E-state index contributed by atoms with van der Waals surface area (Å²) in [5.41, 5.74) is 1.57. The Labute approximate surface area is 112 Å². The molecule has 0 radical (unpaired) electrons. The van der Waals surface area contributed by atoms with Gasteiger partial charge in [0.1, 0.15) is 0 Å². The predicted octanol–water partition coefficient (Wildman–Crippen LogP) is 2.19. The van der Waals surface area contributed by atoms with E-state index in [1.54, 1.807) is 8.90 Å². The normalized spacial score (nSPS) is 17.1. The van der Waals surface area contributed by atoms with Crippen molar-refractivity contribution in [2.45, 2.75) is 19.8 Å². The van der Waals surface area contributed by atoms with E-state index >= 15 is 0 Å². The quantitative estimate of drug-likeness (QED) is 0.652. The number of hydrogen-bond acceptors (Lipinski definition) is 3. The molecule has 4 heteroatoms. The molecule has 0 heterocycles. The van der Waals surface area contributed by atoms with Crippen molar-refractivity contribution in [3.8, 4) is 0 Å². The van der Waals surface area contributed by atoms with Gasteiger partial charge in [-0.2, -0.15) is 0 Å². The molecule has 0 saturated carbocycles. The molecule has 17 heavy (non-hydrogen) atoms. The molecule has 98 valence electrons. The van der Waals surface area contributed by atoms with Crippen LogP contribution in [0.1, 0.15) is 19.8 Å². The summed E-state index contributed by atoms with van der Waals surface area (Å²) in [6.07, 6.45) is 6.97. The second-order valence-corrected chi connectivity index (χ2v) is 21.7. The van der Waals surface area contributed by atoms with Crippen molar-refractivity contribution in [1.29, 1.82) is 0 Å². The van der Waals surface area contributed by atoms with Crippen LogP contribution in [0.5, 0.6) is 0 Å². The monoisotopic (exact) mass is 405 g/mol. The van der Waals surface area contributed by atoms with Gasteiger partial charge in [0.2, 0.25) is 0 Å². The SMILES string of the molecule is CCC1=[C]([Hf]([N](C)C)([N](C)C)[N](C)C)CC=C1. The number of hydrogen-bond donors (Lipinski definition) is 0. The van der Waals surface area contributed by atoms with Crippen LogP contribution >= 0.6 is 0 Å². The van der Waals surface area contributed by atoms with Gasteiger partial charge >= 0.3 is 113 Å². The van der Waals surface area contributed by atoms with Crippen molar-refractivity contribution in [2.24, 2.45) is 0 Å². The maximum absolute atomic E-state index is 2.90. The summed E-state index contributed by atoms with van der Waals surface area (Å²) >= 11 is -2.90. The van der Waals surface area contributed by atoms with E-state index in [4.69, 9.17) is 0 Å². The van der Waals surface area contributed by atoms with Gasteiger partial charge in [0.05, 0.1) is 0 Å². The van der Waals surface area contributed by atoms with Crippen LogP contribution in [0.15, 0.2) is 21.1 Å². The van der Waals surface area contributed by atoms with Crippen LogP contribution in [0.25, 0.3) is 0 Å². The summed E-state index contributed by atoms with van der Waals surface area (Å²) in [5, 5.41) is 0. The van der Waals surface area contributed by atoms with Crippen molar-refractivity contribution in [2.75, 3.05) is 42.3 Å². The molecule has 0 aliphatic heterocycles. The summed E-state index contributed by atoms with van der Waals surface area (Å²) in [6, 6.07) is 0. The van der Waals surface area contributed by atoms with Gasteiger partial charge in [-0.3, -0.25) is 0 Å². The Balaban J connectivity index is 3.33. The van der Waals surface area contributed by atoms with Crippen LogP contribution < -0.4 is 0 Å². The first kappa shape index (κ1) is 15.3. The molecule has 1 rings (SSSR count). The van der Waals surface area contributed by atoms with Crippen LogP contribution in [0.4, 0.5) is 0 Å². The molecule has 0 aromatic rings. The zero-order chi connectivity index (χ0) is 13.2. The summed E-state index contributed by atoms with van der Waals surface area (Å²) in [6.45, 7) is 2.27. The standard InChI is InChI=1S/C7H9.3C2H6N.Hf/c1-2-7-5-3-4-6-7;3*1-3-2;/h3,5H,2,4H2,1H3;3*1-2H3;/q;3*-1;+3. The van der Waals surface area contributed by atoms with E-state index in [1.165, 1.54) is 0 Å². The van der Waals surface area contributed by atoms with Crippen molar-refractivity contribution in [3.63, 3.8) is 0 Å². The van der Waals surface area contributed by atoms with E-state index in [9.17, 15) is 0 Å². The van der Waals surface area contributed by atoms with E-state index in [-0.39, 0.29) is 0 Å². The zero-order valence-electron chi connectivity index (χ0n) is 12.4. The van der Waals surface area contributed by atoms with Gasteiger partial charge in [-0.05, 0) is 0 Å². The van der Waals surface area contributed by atoms with Crippen molar-refractivity contribution in [1.82, 2.24) is 8.66 Å². The Hall–Kier alpha value is 0.230. The topological polar surface area (TPSA) is 9.72 Å². The third kappa shape index (κ3) is 2.50. The van der Waals surface area contributed by atoms with Crippen LogP contribution in [-0.4, -0.2) is 50.9 Å². The average Bonchev–Trinajstić information content (AvgIpc) is 2.65. The molecule has 0 aromatic carbocycles. The molecule has 0 unspecified atom stereocenters. The first-order valence-corrected chi connectivity index (χ1v) is 12.9. The fraction of sp³-hybridized carbons (Fsp3) is 0.692. The maximum atomic E-state index is 2.52. The van der Waals surface area contributed by atoms with Gasteiger partial charge in [-0.1, -0.05) is 0 Å². The molecule has 1 aliphatic carbocycles. The molecule has 0 aromatic heterocycles. The van der Waals surface area contributed by atoms with Crippen LogP contribution in [0.3, 0.4) is 0 Å². The van der Waals surface area contributed by atoms with Gasteiger partial charge in [-0.25, -0.2) is 0 Å². The fourth-order valence-corrected chi connectivity index (χ4v) is 21.6. The molecule has 1 aliphatic rings. The first-order chi connectivity index (χ1) is 7.88. The van der Waals surface area contributed by atoms with E-state index in [0.29, 0.717) is 0 Å². The molecule has 0 spiro atoms. The summed E-state index contributed by atoms with van der Waals surface area (Å²) in [5.74, 6) is 0. The van der Waals surface area contributed by atoms with Crippen molar-refractivity contribution >= 4 is 0 Å². The summed E-state index contributed by atoms with van der Waals surface area (Å²) < 4.78 is 9.28. The first-order valence-electron chi connectivity index (χ1n) is 6.30. The van der Waals surface area contributed by atoms with Crippen molar-refractivity contribution in [3.05, 3.63) is 21.1 Å². The van der Waals surface area contributed by atoms with Gasteiger partial charge in [0.25, 0.3) is 0 Å². The molecule has 0 bridgehead atoms. The molecular weight excluding hydrogens is 377 g/mol. The van der Waals surface area contributed by atoms with Crippen LogP contribution in [0, 0.1) is 0 Å². The molecule has 0 fully saturated rings. The predicted molar refractivity (Wildman–Crippen MR) is 72.1 cm³/mol. The minimum atomic E-state index is -2.90. The van der Waals surface area contributed by atoms with E-state index in [1.807, 2.05) is 0 Å². The van der Waals surface area contributed by atoms with E-state index in [0.717, 1.165) is 12.8 Å². The Bertz CT molecular complexity index is 308. The Morgan fingerprint density at radius 2 is 1.47 bits per heavy atom. The van der Waals surface area contributed by atoms with Gasteiger partial charge in [0, 0.05) is 0 Å². The number of allylic oxidation sites excluding steroid dienone is 4. The Morgan fingerprint density at radius 3 is 1.82 bits per heavy atom. The van der Waals surface area contributed by atoms with E-state index < -0.39 is 20.8 Å². The van der Waals surface area contributed by atoms with Gasteiger partial charge < -0.3 is 0 Å². The van der Waals surface area contributed by atoms with E-state index in [2.05, 4.69) is 70.0 Å². The summed E-state index contributed by atoms with van der Waals surface area (Å²) in [4.78, 5) is 0.